The lowest BCUT2D eigenvalue weighted by Crippen LogP contribution is -2.26. The van der Waals surface area contributed by atoms with Crippen molar-refractivity contribution in [2.24, 2.45) is 0 Å². The second-order valence-corrected chi connectivity index (χ2v) is 8.03. The number of amides is 1. The maximum atomic E-state index is 12.7. The summed E-state index contributed by atoms with van der Waals surface area (Å²) in [5.74, 6) is 1.20. The van der Waals surface area contributed by atoms with Gasteiger partial charge >= 0.3 is 0 Å². The summed E-state index contributed by atoms with van der Waals surface area (Å²) in [6, 6.07) is 15.4. The molecule has 0 radical (unpaired) electrons. The largest absolute Gasteiger partial charge is 0.485 e. The van der Waals surface area contributed by atoms with Gasteiger partial charge in [0.05, 0.1) is 16.3 Å². The van der Waals surface area contributed by atoms with Crippen molar-refractivity contribution >= 4 is 17.2 Å². The Labute approximate surface area is 184 Å². The zero-order valence-electron chi connectivity index (χ0n) is 17.3. The highest BCUT2D eigenvalue weighted by Gasteiger charge is 2.13. The molecule has 0 spiro atoms. The topological polar surface area (TPSA) is 90.1 Å². The minimum atomic E-state index is -0.186. The second kappa shape index (κ2) is 9.53. The van der Waals surface area contributed by atoms with Crippen molar-refractivity contribution in [3.05, 3.63) is 81.8 Å². The number of para-hydroxylation sites is 1. The quantitative estimate of drug-likeness (QED) is 0.443. The van der Waals surface area contributed by atoms with Gasteiger partial charge in [0, 0.05) is 24.4 Å². The van der Waals surface area contributed by atoms with E-state index < -0.39 is 0 Å². The fraction of sp³-hybridized carbons (Fsp3) is 0.217. The number of nitrogens with one attached hydrogen (secondary N) is 1. The predicted molar refractivity (Wildman–Crippen MR) is 118 cm³/mol. The molecule has 0 bridgehead atoms. The van der Waals surface area contributed by atoms with Crippen molar-refractivity contribution < 1.29 is 14.1 Å². The predicted octanol–water partition coefficient (Wildman–Crippen LogP) is 4.36. The lowest BCUT2D eigenvalue weighted by atomic mass is 10.1. The molecule has 0 fully saturated rings. The maximum absolute atomic E-state index is 12.7. The van der Waals surface area contributed by atoms with Crippen molar-refractivity contribution in [1.82, 2.24) is 20.4 Å². The highest BCUT2D eigenvalue weighted by atomic mass is 32.1. The SMILES string of the molecule is Cc1nc(COc2ccccc2C(=O)NCCc2ccc(-c3csc(C)n3)cc2)no1. The Morgan fingerprint density at radius 2 is 1.90 bits per heavy atom. The molecule has 0 atom stereocenters. The van der Waals surface area contributed by atoms with Gasteiger partial charge in [-0.1, -0.05) is 41.6 Å². The average molecular weight is 435 g/mol. The van der Waals surface area contributed by atoms with Gasteiger partial charge in [-0.2, -0.15) is 4.98 Å². The summed E-state index contributed by atoms with van der Waals surface area (Å²) in [6.07, 6.45) is 0.729. The van der Waals surface area contributed by atoms with Crippen LogP contribution in [0, 0.1) is 13.8 Å². The van der Waals surface area contributed by atoms with E-state index in [0.29, 0.717) is 29.6 Å². The molecule has 31 heavy (non-hydrogen) atoms. The number of aryl methyl sites for hydroxylation is 2. The Kier molecular flexibility index (Phi) is 6.37. The number of rotatable bonds is 8. The molecular weight excluding hydrogens is 412 g/mol. The van der Waals surface area contributed by atoms with E-state index in [1.54, 1.807) is 36.5 Å². The lowest BCUT2D eigenvalue weighted by molar-refractivity contribution is 0.0949. The molecule has 4 aromatic rings. The summed E-state index contributed by atoms with van der Waals surface area (Å²) in [6.45, 7) is 4.37. The summed E-state index contributed by atoms with van der Waals surface area (Å²) in [5, 5.41) is 9.87. The highest BCUT2D eigenvalue weighted by Crippen LogP contribution is 2.22. The average Bonchev–Trinajstić information content (AvgIpc) is 3.41. The number of hydrogen-bond acceptors (Lipinski definition) is 7. The van der Waals surface area contributed by atoms with E-state index in [0.717, 1.165) is 28.2 Å². The van der Waals surface area contributed by atoms with Crippen molar-refractivity contribution in [1.29, 1.82) is 0 Å². The lowest BCUT2D eigenvalue weighted by Gasteiger charge is -2.11. The third-order valence-corrected chi connectivity index (χ3v) is 5.40. The van der Waals surface area contributed by atoms with Gasteiger partial charge in [-0.25, -0.2) is 4.98 Å². The summed E-state index contributed by atoms with van der Waals surface area (Å²) >= 11 is 1.64. The van der Waals surface area contributed by atoms with Gasteiger partial charge in [-0.05, 0) is 31.0 Å². The normalized spacial score (nSPS) is 10.8. The molecule has 2 heterocycles. The molecule has 1 amide bonds. The maximum Gasteiger partial charge on any atom is 0.255 e. The summed E-state index contributed by atoms with van der Waals surface area (Å²) in [5.41, 5.74) is 3.71. The molecule has 0 aliphatic rings. The molecule has 4 rings (SSSR count). The van der Waals surface area contributed by atoms with Crippen LogP contribution in [0.15, 0.2) is 58.4 Å². The molecule has 2 aromatic heterocycles. The molecule has 0 unspecified atom stereocenters. The zero-order chi connectivity index (χ0) is 21.6. The summed E-state index contributed by atoms with van der Waals surface area (Å²) in [4.78, 5) is 21.3. The van der Waals surface area contributed by atoms with Crippen molar-refractivity contribution in [3.63, 3.8) is 0 Å². The first-order valence-corrected chi connectivity index (χ1v) is 10.8. The van der Waals surface area contributed by atoms with Crippen LogP contribution in [-0.4, -0.2) is 27.6 Å². The fourth-order valence-corrected chi connectivity index (χ4v) is 3.70. The van der Waals surface area contributed by atoms with Crippen LogP contribution in [0.3, 0.4) is 0 Å². The highest BCUT2D eigenvalue weighted by molar-refractivity contribution is 7.09. The molecule has 0 aliphatic heterocycles. The van der Waals surface area contributed by atoms with Crippen molar-refractivity contribution in [2.75, 3.05) is 6.54 Å². The molecule has 7 nitrogen and oxygen atoms in total. The Hall–Kier alpha value is -3.52. The molecule has 158 valence electrons. The van der Waals surface area contributed by atoms with Crippen LogP contribution in [0.5, 0.6) is 5.75 Å². The first-order valence-electron chi connectivity index (χ1n) is 9.89. The van der Waals surface area contributed by atoms with Gasteiger partial charge in [0.15, 0.2) is 6.61 Å². The Morgan fingerprint density at radius 3 is 2.61 bits per heavy atom. The van der Waals surface area contributed by atoms with Crippen LogP contribution in [0.2, 0.25) is 0 Å². The van der Waals surface area contributed by atoms with E-state index in [9.17, 15) is 4.79 Å². The Morgan fingerprint density at radius 1 is 1.10 bits per heavy atom. The van der Waals surface area contributed by atoms with Gasteiger partial charge < -0.3 is 14.6 Å². The Balaban J connectivity index is 1.31. The van der Waals surface area contributed by atoms with E-state index in [1.807, 2.05) is 13.0 Å². The summed E-state index contributed by atoms with van der Waals surface area (Å²) < 4.78 is 10.7. The minimum Gasteiger partial charge on any atom is -0.485 e. The summed E-state index contributed by atoms with van der Waals surface area (Å²) in [7, 11) is 0. The van der Waals surface area contributed by atoms with Crippen LogP contribution < -0.4 is 10.1 Å². The van der Waals surface area contributed by atoms with Crippen LogP contribution in [0.1, 0.15) is 32.6 Å². The first-order chi connectivity index (χ1) is 15.1. The molecule has 0 aliphatic carbocycles. The molecule has 2 aromatic carbocycles. The van der Waals surface area contributed by atoms with Gasteiger partial charge in [0.1, 0.15) is 5.75 Å². The smallest absolute Gasteiger partial charge is 0.255 e. The Bertz CT molecular complexity index is 1170. The van der Waals surface area contributed by atoms with Crippen molar-refractivity contribution in [3.8, 4) is 17.0 Å². The zero-order valence-corrected chi connectivity index (χ0v) is 18.1. The van der Waals surface area contributed by atoms with E-state index in [1.165, 1.54) is 0 Å². The number of thiazole rings is 1. The van der Waals surface area contributed by atoms with Crippen LogP contribution in [0.25, 0.3) is 11.3 Å². The van der Waals surface area contributed by atoms with Gasteiger partial charge in [-0.3, -0.25) is 4.79 Å². The monoisotopic (exact) mass is 434 g/mol. The van der Waals surface area contributed by atoms with Gasteiger partial charge in [0.25, 0.3) is 5.91 Å². The standard InChI is InChI=1S/C23H22N4O3S/c1-15-25-22(27-30-15)13-29-21-6-4-3-5-19(21)23(28)24-12-11-17-7-9-18(10-8-17)20-14-31-16(2)26-20/h3-10,14H,11-13H2,1-2H3,(H,24,28). The molecule has 0 saturated carbocycles. The number of carbonyl (C=O) groups excluding carboxylic acids is 1. The van der Waals surface area contributed by atoms with Crippen LogP contribution in [-0.2, 0) is 13.0 Å². The third-order valence-electron chi connectivity index (χ3n) is 4.63. The van der Waals surface area contributed by atoms with E-state index in [-0.39, 0.29) is 12.5 Å². The van der Waals surface area contributed by atoms with Crippen LogP contribution >= 0.6 is 11.3 Å². The van der Waals surface area contributed by atoms with Gasteiger partial charge in [-0.15, -0.1) is 11.3 Å². The minimum absolute atomic E-state index is 0.131. The van der Waals surface area contributed by atoms with E-state index in [2.05, 4.69) is 50.1 Å². The van der Waals surface area contributed by atoms with E-state index >= 15 is 0 Å². The first kappa shape index (κ1) is 20.7. The number of ether oxygens (including phenoxy) is 1. The molecule has 8 heteroatoms. The third kappa shape index (κ3) is 5.35. The number of carbonyl (C=O) groups is 1. The fourth-order valence-electron chi connectivity index (χ4n) is 3.08. The number of benzene rings is 2. The molecule has 0 saturated heterocycles. The number of aromatic nitrogens is 3. The van der Waals surface area contributed by atoms with Crippen molar-refractivity contribution in [2.45, 2.75) is 26.9 Å². The second-order valence-electron chi connectivity index (χ2n) is 6.97. The number of hydrogen-bond donors (Lipinski definition) is 1. The molecular formula is C23H22N4O3S. The number of nitrogens with zero attached hydrogens (tertiary/aromatic N) is 3. The van der Waals surface area contributed by atoms with Gasteiger partial charge in [0.2, 0.25) is 11.7 Å². The van der Waals surface area contributed by atoms with Crippen LogP contribution in [0.4, 0.5) is 0 Å². The van der Waals surface area contributed by atoms with E-state index in [4.69, 9.17) is 9.26 Å². The molecule has 1 N–H and O–H groups in total.